The summed E-state index contributed by atoms with van der Waals surface area (Å²) >= 11 is 0. The molecule has 3 heteroatoms. The van der Waals surface area contributed by atoms with Gasteiger partial charge in [-0.25, -0.2) is 4.79 Å². The Labute approximate surface area is 118 Å². The van der Waals surface area contributed by atoms with Crippen LogP contribution in [0.1, 0.15) is 27.0 Å². The number of carbonyl (C=O) groups is 1. The van der Waals surface area contributed by atoms with Crippen molar-refractivity contribution in [1.29, 1.82) is 0 Å². The molecule has 0 fully saturated rings. The highest BCUT2D eigenvalue weighted by Crippen LogP contribution is 2.27. The van der Waals surface area contributed by atoms with Crippen LogP contribution in [0.15, 0.2) is 48.5 Å². The molecule has 0 spiro atoms. The lowest BCUT2D eigenvalue weighted by Gasteiger charge is -2.14. The van der Waals surface area contributed by atoms with E-state index in [1.807, 2.05) is 18.2 Å². The zero-order valence-corrected chi connectivity index (χ0v) is 11.5. The van der Waals surface area contributed by atoms with Crippen LogP contribution in [-0.4, -0.2) is 18.0 Å². The molecule has 0 saturated carbocycles. The third-order valence-electron chi connectivity index (χ3n) is 3.70. The normalized spacial score (nSPS) is 14.1. The van der Waals surface area contributed by atoms with Gasteiger partial charge in [0.05, 0.1) is 12.7 Å². The van der Waals surface area contributed by atoms with Crippen molar-refractivity contribution >= 4 is 5.97 Å². The molecule has 0 aliphatic carbocycles. The lowest BCUT2D eigenvalue weighted by atomic mass is 10.0. The average Bonchev–Trinajstić information content (AvgIpc) is 2.89. The molecule has 0 bridgehead atoms. The number of carbonyl (C=O) groups excluding carboxylic acids is 1. The van der Waals surface area contributed by atoms with Crippen molar-refractivity contribution in [3.8, 4) is 0 Å². The van der Waals surface area contributed by atoms with E-state index in [2.05, 4.69) is 35.2 Å². The van der Waals surface area contributed by atoms with Crippen LogP contribution in [0.4, 0.5) is 0 Å². The molecule has 0 aromatic heterocycles. The second-order valence-corrected chi connectivity index (χ2v) is 5.07. The van der Waals surface area contributed by atoms with E-state index in [1.165, 1.54) is 18.2 Å². The minimum Gasteiger partial charge on any atom is -0.465 e. The first kappa shape index (κ1) is 12.9. The molecule has 0 saturated heterocycles. The van der Waals surface area contributed by atoms with Gasteiger partial charge in [-0.1, -0.05) is 42.5 Å². The predicted molar refractivity (Wildman–Crippen MR) is 77.2 cm³/mol. The number of methoxy groups -OCH3 is 1. The van der Waals surface area contributed by atoms with Crippen LogP contribution in [0.3, 0.4) is 0 Å². The lowest BCUT2D eigenvalue weighted by Crippen LogP contribution is -2.16. The first-order valence-corrected chi connectivity index (χ1v) is 6.73. The minimum absolute atomic E-state index is 0.247. The van der Waals surface area contributed by atoms with Crippen LogP contribution in [-0.2, 0) is 24.4 Å². The molecule has 3 nitrogen and oxygen atoms in total. The SMILES string of the molecule is COC(=O)c1cccc2c1CN(Cc1ccccc1)C2. The van der Waals surface area contributed by atoms with Crippen LogP contribution < -0.4 is 0 Å². The Morgan fingerprint density at radius 3 is 2.65 bits per heavy atom. The van der Waals surface area contributed by atoms with E-state index >= 15 is 0 Å². The summed E-state index contributed by atoms with van der Waals surface area (Å²) < 4.78 is 4.86. The topological polar surface area (TPSA) is 29.5 Å². The highest BCUT2D eigenvalue weighted by atomic mass is 16.5. The third kappa shape index (κ3) is 2.45. The summed E-state index contributed by atoms with van der Waals surface area (Å²) in [7, 11) is 1.43. The van der Waals surface area contributed by atoms with Gasteiger partial charge in [0.25, 0.3) is 0 Å². The molecule has 20 heavy (non-hydrogen) atoms. The third-order valence-corrected chi connectivity index (χ3v) is 3.70. The van der Waals surface area contributed by atoms with E-state index in [-0.39, 0.29) is 5.97 Å². The van der Waals surface area contributed by atoms with Gasteiger partial charge in [-0.05, 0) is 22.8 Å². The van der Waals surface area contributed by atoms with Crippen molar-refractivity contribution in [3.63, 3.8) is 0 Å². The van der Waals surface area contributed by atoms with Gasteiger partial charge in [0.15, 0.2) is 0 Å². The number of esters is 1. The van der Waals surface area contributed by atoms with Gasteiger partial charge >= 0.3 is 5.97 Å². The van der Waals surface area contributed by atoms with Crippen molar-refractivity contribution in [2.45, 2.75) is 19.6 Å². The molecule has 2 aromatic rings. The van der Waals surface area contributed by atoms with E-state index in [4.69, 9.17) is 4.74 Å². The van der Waals surface area contributed by atoms with Crippen molar-refractivity contribution in [2.75, 3.05) is 7.11 Å². The van der Waals surface area contributed by atoms with E-state index in [0.29, 0.717) is 5.56 Å². The number of hydrogen-bond donors (Lipinski definition) is 0. The van der Waals surface area contributed by atoms with Crippen LogP contribution in [0, 0.1) is 0 Å². The first-order chi connectivity index (χ1) is 9.78. The van der Waals surface area contributed by atoms with Gasteiger partial charge in [0.1, 0.15) is 0 Å². The zero-order valence-electron chi connectivity index (χ0n) is 11.5. The van der Waals surface area contributed by atoms with Crippen LogP contribution in [0.2, 0.25) is 0 Å². The number of fused-ring (bicyclic) bond motifs is 1. The maximum Gasteiger partial charge on any atom is 0.338 e. The Morgan fingerprint density at radius 2 is 1.90 bits per heavy atom. The molecule has 3 rings (SSSR count). The first-order valence-electron chi connectivity index (χ1n) is 6.73. The lowest BCUT2D eigenvalue weighted by molar-refractivity contribution is 0.0599. The molecular formula is C17H17NO2. The molecule has 0 atom stereocenters. The molecular weight excluding hydrogens is 250 g/mol. The van der Waals surface area contributed by atoms with E-state index in [9.17, 15) is 4.79 Å². The number of benzene rings is 2. The number of ether oxygens (including phenoxy) is 1. The molecule has 102 valence electrons. The van der Waals surface area contributed by atoms with Crippen molar-refractivity contribution < 1.29 is 9.53 Å². The molecule has 1 heterocycles. The maximum absolute atomic E-state index is 11.8. The Morgan fingerprint density at radius 1 is 1.10 bits per heavy atom. The summed E-state index contributed by atoms with van der Waals surface area (Å²) in [6.07, 6.45) is 0. The fourth-order valence-corrected chi connectivity index (χ4v) is 2.74. The van der Waals surface area contributed by atoms with Gasteiger partial charge in [0, 0.05) is 19.6 Å². The molecule has 0 N–H and O–H groups in total. The zero-order chi connectivity index (χ0) is 13.9. The Balaban J connectivity index is 1.80. The molecule has 0 amide bonds. The second kappa shape index (κ2) is 5.47. The van der Waals surface area contributed by atoms with Crippen molar-refractivity contribution in [3.05, 3.63) is 70.8 Å². The van der Waals surface area contributed by atoms with Gasteiger partial charge in [0.2, 0.25) is 0 Å². The van der Waals surface area contributed by atoms with Gasteiger partial charge in [-0.2, -0.15) is 0 Å². The van der Waals surface area contributed by atoms with Gasteiger partial charge < -0.3 is 4.74 Å². The summed E-state index contributed by atoms with van der Waals surface area (Å²) in [5.41, 5.74) is 4.32. The van der Waals surface area contributed by atoms with Crippen molar-refractivity contribution in [2.24, 2.45) is 0 Å². The van der Waals surface area contributed by atoms with Gasteiger partial charge in [-0.15, -0.1) is 0 Å². The molecule has 1 aliphatic rings. The van der Waals surface area contributed by atoms with Crippen LogP contribution in [0.25, 0.3) is 0 Å². The number of nitrogens with zero attached hydrogens (tertiary/aromatic N) is 1. The highest BCUT2D eigenvalue weighted by Gasteiger charge is 2.24. The summed E-state index contributed by atoms with van der Waals surface area (Å²) in [4.78, 5) is 14.1. The molecule has 0 unspecified atom stereocenters. The van der Waals surface area contributed by atoms with Gasteiger partial charge in [-0.3, -0.25) is 4.90 Å². The smallest absolute Gasteiger partial charge is 0.338 e. The van der Waals surface area contributed by atoms with Crippen LogP contribution >= 0.6 is 0 Å². The van der Waals surface area contributed by atoms with Crippen molar-refractivity contribution in [1.82, 2.24) is 4.90 Å². The maximum atomic E-state index is 11.8. The monoisotopic (exact) mass is 267 g/mol. The van der Waals surface area contributed by atoms with E-state index in [1.54, 1.807) is 0 Å². The Kier molecular flexibility index (Phi) is 3.52. The summed E-state index contributed by atoms with van der Waals surface area (Å²) in [5, 5.41) is 0. The molecule has 1 aliphatic heterocycles. The standard InChI is InChI=1S/C17H17NO2/c1-20-17(19)15-9-5-8-14-11-18(12-16(14)15)10-13-6-3-2-4-7-13/h2-9H,10-12H2,1H3. The molecule has 0 radical (unpaired) electrons. The van der Waals surface area contributed by atoms with Crippen LogP contribution in [0.5, 0.6) is 0 Å². The summed E-state index contributed by atoms with van der Waals surface area (Å²) in [6.45, 7) is 2.58. The van der Waals surface area contributed by atoms with E-state index < -0.39 is 0 Å². The minimum atomic E-state index is -0.247. The Bertz CT molecular complexity index is 622. The average molecular weight is 267 g/mol. The molecule has 2 aromatic carbocycles. The quantitative estimate of drug-likeness (QED) is 0.801. The summed E-state index contributed by atoms with van der Waals surface area (Å²) in [6, 6.07) is 16.3. The number of rotatable bonds is 3. The second-order valence-electron chi connectivity index (χ2n) is 5.07. The summed E-state index contributed by atoms with van der Waals surface area (Å²) in [5.74, 6) is -0.247. The number of hydrogen-bond acceptors (Lipinski definition) is 3. The highest BCUT2D eigenvalue weighted by molar-refractivity contribution is 5.91. The largest absolute Gasteiger partial charge is 0.465 e. The van der Waals surface area contributed by atoms with E-state index in [0.717, 1.165) is 25.2 Å². The fourth-order valence-electron chi connectivity index (χ4n) is 2.74. The fraction of sp³-hybridized carbons (Fsp3) is 0.235. The Hall–Kier alpha value is -2.13. The predicted octanol–water partition coefficient (Wildman–Crippen LogP) is 2.99.